The van der Waals surface area contributed by atoms with Crippen molar-refractivity contribution in [1.82, 2.24) is 5.43 Å². The fraction of sp³-hybridized carbons (Fsp3) is 0.600. The maximum absolute atomic E-state index is 5.70. The summed E-state index contributed by atoms with van der Waals surface area (Å²) in [6.07, 6.45) is 7.99. The van der Waals surface area contributed by atoms with Crippen LogP contribution < -0.4 is 11.3 Å². The molecular formula is C15H22N2. The lowest BCUT2D eigenvalue weighted by molar-refractivity contribution is 0.247. The van der Waals surface area contributed by atoms with Gasteiger partial charge in [0.15, 0.2) is 0 Å². The van der Waals surface area contributed by atoms with Gasteiger partial charge in [-0.15, -0.1) is 0 Å². The quantitative estimate of drug-likeness (QED) is 0.603. The molecule has 0 saturated heterocycles. The van der Waals surface area contributed by atoms with E-state index in [9.17, 15) is 0 Å². The van der Waals surface area contributed by atoms with Crippen LogP contribution >= 0.6 is 0 Å². The molecule has 2 heteroatoms. The van der Waals surface area contributed by atoms with E-state index in [0.29, 0.717) is 6.04 Å². The lowest BCUT2D eigenvalue weighted by atomic mass is 9.72. The molecule has 0 bridgehead atoms. The first kappa shape index (κ1) is 11.2. The van der Waals surface area contributed by atoms with E-state index in [1.54, 1.807) is 5.56 Å². The summed E-state index contributed by atoms with van der Waals surface area (Å²) in [5.41, 5.74) is 6.13. The van der Waals surface area contributed by atoms with Crippen LogP contribution in [0.5, 0.6) is 0 Å². The number of hydrogen-bond donors (Lipinski definition) is 2. The summed E-state index contributed by atoms with van der Waals surface area (Å²) in [4.78, 5) is 0. The minimum atomic E-state index is 0.513. The summed E-state index contributed by atoms with van der Waals surface area (Å²) < 4.78 is 0. The first-order valence-corrected chi connectivity index (χ1v) is 6.90. The second-order valence-electron chi connectivity index (χ2n) is 5.73. The number of fused-ring (bicyclic) bond motifs is 1. The highest BCUT2D eigenvalue weighted by molar-refractivity contribution is 5.39. The van der Waals surface area contributed by atoms with Crippen molar-refractivity contribution in [3.05, 3.63) is 35.4 Å². The molecule has 2 atom stereocenters. The van der Waals surface area contributed by atoms with Crippen LogP contribution in [0.25, 0.3) is 0 Å². The Kier molecular flexibility index (Phi) is 3.17. The van der Waals surface area contributed by atoms with Gasteiger partial charge in [0.25, 0.3) is 0 Å². The summed E-state index contributed by atoms with van der Waals surface area (Å²) in [6.45, 7) is 0. The van der Waals surface area contributed by atoms with Crippen molar-refractivity contribution in [2.45, 2.75) is 50.5 Å². The minimum absolute atomic E-state index is 0.513. The number of nitrogens with two attached hydrogens (primary N) is 1. The predicted octanol–water partition coefficient (Wildman–Crippen LogP) is 2.74. The fourth-order valence-corrected chi connectivity index (χ4v) is 3.28. The molecule has 0 heterocycles. The maximum atomic E-state index is 5.70. The highest BCUT2D eigenvalue weighted by Crippen LogP contribution is 2.39. The van der Waals surface area contributed by atoms with E-state index >= 15 is 0 Å². The van der Waals surface area contributed by atoms with Crippen molar-refractivity contribution in [2.24, 2.45) is 11.8 Å². The number of rotatable bonds is 5. The van der Waals surface area contributed by atoms with Crippen LogP contribution in [0.4, 0.5) is 0 Å². The highest BCUT2D eigenvalue weighted by atomic mass is 15.2. The molecule has 0 aliphatic heterocycles. The Morgan fingerprint density at radius 1 is 1.24 bits per heavy atom. The zero-order valence-corrected chi connectivity index (χ0v) is 10.4. The molecule has 0 radical (unpaired) electrons. The topological polar surface area (TPSA) is 38.0 Å². The molecule has 2 aliphatic carbocycles. The summed E-state index contributed by atoms with van der Waals surface area (Å²) in [5.74, 6) is 7.38. The van der Waals surface area contributed by atoms with E-state index in [2.05, 4.69) is 29.7 Å². The van der Waals surface area contributed by atoms with E-state index in [0.717, 1.165) is 11.8 Å². The van der Waals surface area contributed by atoms with Crippen LogP contribution in [0.3, 0.4) is 0 Å². The number of hydrogen-bond acceptors (Lipinski definition) is 2. The molecule has 0 aromatic heterocycles. The zero-order valence-electron chi connectivity index (χ0n) is 10.4. The zero-order chi connectivity index (χ0) is 11.7. The van der Waals surface area contributed by atoms with Crippen LogP contribution in [0.1, 0.15) is 49.1 Å². The van der Waals surface area contributed by atoms with Crippen molar-refractivity contribution < 1.29 is 0 Å². The predicted molar refractivity (Wildman–Crippen MR) is 70.6 cm³/mol. The Bertz CT molecular complexity index is 384. The maximum Gasteiger partial charge on any atom is 0.0219 e. The average molecular weight is 230 g/mol. The Morgan fingerprint density at radius 3 is 2.71 bits per heavy atom. The Morgan fingerprint density at radius 2 is 2.06 bits per heavy atom. The van der Waals surface area contributed by atoms with Crippen molar-refractivity contribution in [3.8, 4) is 0 Å². The van der Waals surface area contributed by atoms with Gasteiger partial charge < -0.3 is 0 Å². The average Bonchev–Trinajstić information content (AvgIpc) is 2.27. The fourth-order valence-electron chi connectivity index (χ4n) is 3.28. The van der Waals surface area contributed by atoms with Crippen molar-refractivity contribution in [1.29, 1.82) is 0 Å². The lowest BCUT2D eigenvalue weighted by Crippen LogP contribution is -2.40. The van der Waals surface area contributed by atoms with E-state index in [1.165, 1.54) is 44.1 Å². The Labute approximate surface area is 104 Å². The molecule has 1 saturated carbocycles. The van der Waals surface area contributed by atoms with Crippen LogP contribution in [0.15, 0.2) is 24.3 Å². The van der Waals surface area contributed by atoms with Gasteiger partial charge in [-0.05, 0) is 42.2 Å². The molecule has 3 rings (SSSR count). The van der Waals surface area contributed by atoms with Gasteiger partial charge in [0, 0.05) is 6.04 Å². The van der Waals surface area contributed by atoms with Crippen LogP contribution in [0, 0.1) is 5.92 Å². The normalized spacial score (nSPS) is 24.6. The number of hydrazine groups is 1. The molecule has 3 N–H and O–H groups in total. The summed E-state index contributed by atoms with van der Waals surface area (Å²) in [7, 11) is 0. The molecule has 92 valence electrons. The van der Waals surface area contributed by atoms with E-state index in [-0.39, 0.29) is 0 Å². The Hall–Kier alpha value is -0.860. The smallest absolute Gasteiger partial charge is 0.0219 e. The van der Waals surface area contributed by atoms with Crippen molar-refractivity contribution >= 4 is 0 Å². The van der Waals surface area contributed by atoms with Gasteiger partial charge in [-0.3, -0.25) is 11.3 Å². The first-order chi connectivity index (χ1) is 8.36. The van der Waals surface area contributed by atoms with E-state index < -0.39 is 0 Å². The third-order valence-corrected chi connectivity index (χ3v) is 4.61. The van der Waals surface area contributed by atoms with Gasteiger partial charge in [0.1, 0.15) is 0 Å². The van der Waals surface area contributed by atoms with Crippen LogP contribution in [-0.2, 0) is 6.42 Å². The molecule has 2 nitrogen and oxygen atoms in total. The second-order valence-corrected chi connectivity index (χ2v) is 5.73. The van der Waals surface area contributed by atoms with Gasteiger partial charge >= 0.3 is 0 Å². The van der Waals surface area contributed by atoms with Gasteiger partial charge in [-0.2, -0.15) is 0 Å². The van der Waals surface area contributed by atoms with E-state index in [4.69, 9.17) is 5.84 Å². The van der Waals surface area contributed by atoms with Gasteiger partial charge in [0.2, 0.25) is 0 Å². The number of nitrogens with one attached hydrogen (secondary N) is 1. The molecule has 17 heavy (non-hydrogen) atoms. The largest absolute Gasteiger partial charge is 0.271 e. The molecule has 1 aromatic carbocycles. The lowest BCUT2D eigenvalue weighted by Gasteiger charge is -2.35. The third-order valence-electron chi connectivity index (χ3n) is 4.61. The molecule has 1 aromatic rings. The second kappa shape index (κ2) is 4.79. The van der Waals surface area contributed by atoms with Gasteiger partial charge in [-0.25, -0.2) is 0 Å². The molecule has 1 fully saturated rings. The highest BCUT2D eigenvalue weighted by Gasteiger charge is 2.29. The van der Waals surface area contributed by atoms with E-state index in [1.807, 2.05) is 0 Å². The number of benzene rings is 1. The Balaban J connectivity index is 1.56. The van der Waals surface area contributed by atoms with Gasteiger partial charge in [0.05, 0.1) is 0 Å². The van der Waals surface area contributed by atoms with Crippen molar-refractivity contribution in [3.63, 3.8) is 0 Å². The van der Waals surface area contributed by atoms with Crippen LogP contribution in [0.2, 0.25) is 0 Å². The molecule has 2 aliphatic rings. The SMILES string of the molecule is NNC(CC1CCC1)CC1Cc2ccccc21. The summed E-state index contributed by atoms with van der Waals surface area (Å²) in [5, 5.41) is 0. The first-order valence-electron chi connectivity index (χ1n) is 6.90. The monoisotopic (exact) mass is 230 g/mol. The summed E-state index contributed by atoms with van der Waals surface area (Å²) in [6, 6.07) is 9.34. The minimum Gasteiger partial charge on any atom is -0.271 e. The van der Waals surface area contributed by atoms with Crippen molar-refractivity contribution in [2.75, 3.05) is 0 Å². The molecule has 0 amide bonds. The van der Waals surface area contributed by atoms with Gasteiger partial charge in [-0.1, -0.05) is 43.5 Å². The molecule has 2 unspecified atom stereocenters. The summed E-state index contributed by atoms with van der Waals surface area (Å²) >= 11 is 0. The molecular weight excluding hydrogens is 208 g/mol. The third kappa shape index (κ3) is 2.24. The van der Waals surface area contributed by atoms with Crippen LogP contribution in [-0.4, -0.2) is 6.04 Å². The standard InChI is InChI=1S/C15H22N2/c16-17-14(8-11-4-3-5-11)10-13-9-12-6-1-2-7-15(12)13/h1-2,6-7,11,13-14,17H,3-5,8-10,16H2. The molecule has 0 spiro atoms.